The van der Waals surface area contributed by atoms with E-state index in [-0.39, 0.29) is 28.5 Å². The fraction of sp³-hybridized carbons (Fsp3) is 0.643. The lowest BCUT2D eigenvalue weighted by atomic mass is 10.0. The minimum atomic E-state index is -4.38. The van der Waals surface area contributed by atoms with Crippen molar-refractivity contribution in [2.75, 3.05) is 17.7 Å². The van der Waals surface area contributed by atoms with Crippen molar-refractivity contribution in [1.29, 1.82) is 0 Å². The molecule has 0 aliphatic heterocycles. The van der Waals surface area contributed by atoms with E-state index in [9.17, 15) is 13.2 Å². The summed E-state index contributed by atoms with van der Waals surface area (Å²) in [6.07, 6.45) is -4.38. The zero-order valence-electron chi connectivity index (χ0n) is 12.3. The van der Waals surface area contributed by atoms with Crippen LogP contribution in [0.2, 0.25) is 0 Å². The molecule has 6 heteroatoms. The van der Waals surface area contributed by atoms with E-state index in [1.54, 1.807) is 7.05 Å². The van der Waals surface area contributed by atoms with Crippen molar-refractivity contribution in [2.45, 2.75) is 39.9 Å². The highest BCUT2D eigenvalue weighted by molar-refractivity contribution is 5.51. The Balaban J connectivity index is 2.30. The van der Waals surface area contributed by atoms with Gasteiger partial charge in [-0.05, 0) is 23.0 Å². The molecule has 1 heterocycles. The van der Waals surface area contributed by atoms with Crippen molar-refractivity contribution < 1.29 is 13.2 Å². The average molecular weight is 287 g/mol. The van der Waals surface area contributed by atoms with Gasteiger partial charge in [-0.1, -0.05) is 27.7 Å². The Morgan fingerprint density at radius 3 is 1.95 bits per heavy atom. The van der Waals surface area contributed by atoms with Gasteiger partial charge in [0.2, 0.25) is 0 Å². The molecule has 0 bridgehead atoms. The van der Waals surface area contributed by atoms with Crippen molar-refractivity contribution >= 4 is 11.6 Å². The maximum absolute atomic E-state index is 12.9. The second-order valence-corrected chi connectivity index (χ2v) is 6.39. The first-order valence-electron chi connectivity index (χ1n) is 6.53. The number of hydrogen-bond acceptors (Lipinski definition) is 3. The Bertz CT molecular complexity index is 507. The molecule has 1 aromatic heterocycles. The minimum Gasteiger partial charge on any atom is -0.373 e. The third-order valence-electron chi connectivity index (χ3n) is 4.72. The number of hydrogen-bond donors (Lipinski definition) is 2. The molecule has 1 aliphatic carbocycles. The van der Waals surface area contributed by atoms with Crippen LogP contribution in [0.5, 0.6) is 0 Å². The van der Waals surface area contributed by atoms with Gasteiger partial charge in [-0.3, -0.25) is 0 Å². The number of alkyl halides is 3. The van der Waals surface area contributed by atoms with Gasteiger partial charge in [-0.2, -0.15) is 13.2 Å². The number of pyridine rings is 1. The van der Waals surface area contributed by atoms with Gasteiger partial charge in [-0.25, -0.2) is 4.98 Å². The van der Waals surface area contributed by atoms with E-state index in [0.717, 1.165) is 12.1 Å². The number of anilines is 2. The van der Waals surface area contributed by atoms with Gasteiger partial charge in [-0.15, -0.1) is 0 Å². The second-order valence-electron chi connectivity index (χ2n) is 6.39. The van der Waals surface area contributed by atoms with Crippen molar-refractivity contribution in [1.82, 2.24) is 4.98 Å². The predicted molar refractivity (Wildman–Crippen MR) is 73.8 cm³/mol. The summed E-state index contributed by atoms with van der Waals surface area (Å²) in [6.45, 7) is 8.38. The Kier molecular flexibility index (Phi) is 3.19. The van der Waals surface area contributed by atoms with Gasteiger partial charge in [0.05, 0.1) is 5.56 Å². The zero-order chi connectivity index (χ0) is 15.3. The van der Waals surface area contributed by atoms with E-state index in [4.69, 9.17) is 0 Å². The van der Waals surface area contributed by atoms with E-state index in [0.29, 0.717) is 0 Å². The Morgan fingerprint density at radius 1 is 1.05 bits per heavy atom. The molecule has 112 valence electrons. The monoisotopic (exact) mass is 287 g/mol. The Morgan fingerprint density at radius 2 is 1.55 bits per heavy atom. The van der Waals surface area contributed by atoms with Crippen LogP contribution < -0.4 is 10.6 Å². The minimum absolute atomic E-state index is 0.0305. The summed E-state index contributed by atoms with van der Waals surface area (Å²) in [4.78, 5) is 4.15. The molecule has 0 spiro atoms. The molecule has 0 unspecified atom stereocenters. The maximum Gasteiger partial charge on any atom is 0.416 e. The lowest BCUT2D eigenvalue weighted by Crippen LogP contribution is -2.14. The topological polar surface area (TPSA) is 37.0 Å². The van der Waals surface area contributed by atoms with E-state index in [1.165, 1.54) is 0 Å². The second kappa shape index (κ2) is 4.27. The molecule has 1 aliphatic rings. The highest BCUT2D eigenvalue weighted by atomic mass is 19.4. The van der Waals surface area contributed by atoms with Crippen LogP contribution in [0.15, 0.2) is 12.1 Å². The molecular weight excluding hydrogens is 267 g/mol. The van der Waals surface area contributed by atoms with Crippen molar-refractivity contribution in [2.24, 2.45) is 10.8 Å². The average Bonchev–Trinajstić information content (AvgIpc) is 2.70. The fourth-order valence-corrected chi connectivity index (χ4v) is 2.60. The van der Waals surface area contributed by atoms with Gasteiger partial charge in [0.25, 0.3) is 0 Å². The van der Waals surface area contributed by atoms with E-state index in [2.05, 4.69) is 43.3 Å². The van der Waals surface area contributed by atoms with Gasteiger partial charge < -0.3 is 10.6 Å². The number of nitrogens with one attached hydrogen (secondary N) is 2. The van der Waals surface area contributed by atoms with E-state index < -0.39 is 11.7 Å². The largest absolute Gasteiger partial charge is 0.416 e. The van der Waals surface area contributed by atoms with Gasteiger partial charge in [0.15, 0.2) is 0 Å². The fourth-order valence-electron chi connectivity index (χ4n) is 2.60. The summed E-state index contributed by atoms with van der Waals surface area (Å²) in [6, 6.07) is 2.18. The summed E-state index contributed by atoms with van der Waals surface area (Å²) in [5.74, 6) is 0.464. The Hall–Kier alpha value is -1.46. The molecule has 2 rings (SSSR count). The smallest absolute Gasteiger partial charge is 0.373 e. The molecule has 3 nitrogen and oxygen atoms in total. The highest BCUT2D eigenvalue weighted by Crippen LogP contribution is 2.63. The van der Waals surface area contributed by atoms with Crippen molar-refractivity contribution in [3.05, 3.63) is 17.7 Å². The van der Waals surface area contributed by atoms with Crippen molar-refractivity contribution in [3.63, 3.8) is 0 Å². The molecule has 0 saturated heterocycles. The standard InChI is InChI=1S/C14H20F3N3/c1-12(2)11(13(12,3)4)20-10-7-8(14(15,16)17)6-9(18-5)19-10/h6-7,11H,1-5H3,(H2,18,19,20). The number of aromatic nitrogens is 1. The number of nitrogens with zero attached hydrogens (tertiary/aromatic N) is 1. The van der Waals surface area contributed by atoms with Crippen LogP contribution in [0, 0.1) is 10.8 Å². The first-order chi connectivity index (χ1) is 9.00. The Labute approximate surface area is 117 Å². The molecule has 0 radical (unpaired) electrons. The zero-order valence-corrected chi connectivity index (χ0v) is 12.3. The maximum atomic E-state index is 12.9. The van der Waals surface area contributed by atoms with Crippen LogP contribution in [0.1, 0.15) is 33.3 Å². The molecule has 1 fully saturated rings. The van der Waals surface area contributed by atoms with Gasteiger partial charge >= 0.3 is 6.18 Å². The van der Waals surface area contributed by atoms with Crippen LogP contribution in [-0.2, 0) is 6.18 Å². The summed E-state index contributed by atoms with van der Waals surface area (Å²) in [5.41, 5.74) is -0.638. The van der Waals surface area contributed by atoms with Gasteiger partial charge in [0, 0.05) is 13.1 Å². The quantitative estimate of drug-likeness (QED) is 0.882. The molecular formula is C14H20F3N3. The molecule has 0 atom stereocenters. The van der Waals surface area contributed by atoms with Crippen LogP contribution in [0.25, 0.3) is 0 Å². The van der Waals surface area contributed by atoms with E-state index >= 15 is 0 Å². The summed E-state index contributed by atoms with van der Waals surface area (Å²) < 4.78 is 38.6. The van der Waals surface area contributed by atoms with Crippen molar-refractivity contribution in [3.8, 4) is 0 Å². The summed E-state index contributed by atoms with van der Waals surface area (Å²) in [5, 5.41) is 5.80. The van der Waals surface area contributed by atoms with Crippen LogP contribution in [0.4, 0.5) is 24.8 Å². The third-order valence-corrected chi connectivity index (χ3v) is 4.72. The number of halogens is 3. The van der Waals surface area contributed by atoms with Crippen LogP contribution in [-0.4, -0.2) is 18.1 Å². The molecule has 1 saturated carbocycles. The summed E-state index contributed by atoms with van der Waals surface area (Å²) >= 11 is 0. The third kappa shape index (κ3) is 2.31. The molecule has 20 heavy (non-hydrogen) atoms. The summed E-state index contributed by atoms with van der Waals surface area (Å²) in [7, 11) is 1.55. The van der Waals surface area contributed by atoms with Crippen LogP contribution >= 0.6 is 0 Å². The predicted octanol–water partition coefficient (Wildman–Crippen LogP) is 3.99. The lowest BCUT2D eigenvalue weighted by molar-refractivity contribution is -0.137. The molecule has 2 N–H and O–H groups in total. The molecule has 0 amide bonds. The number of rotatable bonds is 3. The lowest BCUT2D eigenvalue weighted by Gasteiger charge is -2.13. The molecule has 0 aromatic carbocycles. The van der Waals surface area contributed by atoms with Crippen LogP contribution in [0.3, 0.4) is 0 Å². The highest BCUT2D eigenvalue weighted by Gasteiger charge is 2.65. The normalized spacial score (nSPS) is 20.6. The SMILES string of the molecule is CNc1cc(C(F)(F)F)cc(NC2C(C)(C)C2(C)C)n1. The van der Waals surface area contributed by atoms with E-state index in [1.807, 2.05) is 0 Å². The van der Waals surface area contributed by atoms with Gasteiger partial charge in [0.1, 0.15) is 11.6 Å². The first-order valence-corrected chi connectivity index (χ1v) is 6.53. The molecule has 1 aromatic rings. The first kappa shape index (κ1) is 14.9.